The van der Waals surface area contributed by atoms with Gasteiger partial charge in [0.15, 0.2) is 5.13 Å². The number of benzene rings is 2. The minimum atomic E-state index is -3.67. The second-order valence-corrected chi connectivity index (χ2v) is 10.0. The molecule has 0 fully saturated rings. The highest BCUT2D eigenvalue weighted by Gasteiger charge is 2.21. The fourth-order valence-electron chi connectivity index (χ4n) is 3.00. The van der Waals surface area contributed by atoms with Crippen molar-refractivity contribution in [1.29, 1.82) is 5.26 Å². The molecule has 31 heavy (non-hydrogen) atoms. The predicted molar refractivity (Wildman–Crippen MR) is 122 cm³/mol. The Morgan fingerprint density at radius 2 is 1.81 bits per heavy atom. The number of amides is 1. The molecule has 0 aliphatic rings. The summed E-state index contributed by atoms with van der Waals surface area (Å²) in [5.41, 5.74) is 2.90. The fourth-order valence-corrected chi connectivity index (χ4v) is 4.37. The first kappa shape index (κ1) is 22.5. The molecule has 1 N–H and O–H groups in total. The van der Waals surface area contributed by atoms with Gasteiger partial charge in [0.25, 0.3) is 5.91 Å². The van der Waals surface area contributed by atoms with Gasteiger partial charge in [0.1, 0.15) is 5.69 Å². The van der Waals surface area contributed by atoms with Gasteiger partial charge in [0.05, 0.1) is 17.9 Å². The summed E-state index contributed by atoms with van der Waals surface area (Å²) in [5.74, 6) is -0.728. The molecule has 1 aromatic heterocycles. The van der Waals surface area contributed by atoms with Crippen LogP contribution in [0.2, 0.25) is 0 Å². The highest BCUT2D eigenvalue weighted by molar-refractivity contribution is 7.89. The van der Waals surface area contributed by atoms with Gasteiger partial charge in [0, 0.05) is 18.0 Å². The first-order valence-electron chi connectivity index (χ1n) is 9.52. The average molecular weight is 455 g/mol. The summed E-state index contributed by atoms with van der Waals surface area (Å²) in [6.07, 6.45) is 1.66. The smallest absolute Gasteiger partial charge is 0.284 e. The van der Waals surface area contributed by atoms with Gasteiger partial charge in [-0.3, -0.25) is 4.79 Å². The quantitative estimate of drug-likeness (QED) is 0.560. The van der Waals surface area contributed by atoms with E-state index in [4.69, 9.17) is 5.26 Å². The molecule has 3 aromatic rings. The standard InChI is InChI=1S/C22H22N4O3S2/c1-16-20(21(27)25-31(2,28)29)24-22(30-16)26(15-19-6-4-3-5-7-19)13-12-17-8-10-18(14-23)11-9-17/h3-11H,12-13,15H2,1-2H3,(H,25,27). The Kier molecular flexibility index (Phi) is 7.05. The number of aromatic nitrogens is 1. The summed E-state index contributed by atoms with van der Waals surface area (Å²) in [6, 6.07) is 19.5. The number of anilines is 1. The molecule has 0 aliphatic carbocycles. The second-order valence-electron chi connectivity index (χ2n) is 7.07. The first-order valence-corrected chi connectivity index (χ1v) is 12.2. The lowest BCUT2D eigenvalue weighted by molar-refractivity contribution is 0.0977. The van der Waals surface area contributed by atoms with E-state index in [1.165, 1.54) is 11.3 Å². The van der Waals surface area contributed by atoms with E-state index < -0.39 is 15.9 Å². The molecule has 1 amide bonds. The molecular formula is C22H22N4O3S2. The van der Waals surface area contributed by atoms with Crippen molar-refractivity contribution in [2.75, 3.05) is 17.7 Å². The number of rotatable bonds is 8. The minimum Gasteiger partial charge on any atom is -0.343 e. The molecule has 160 valence electrons. The Labute approximate surface area is 186 Å². The lowest BCUT2D eigenvalue weighted by Crippen LogP contribution is -2.30. The van der Waals surface area contributed by atoms with Gasteiger partial charge >= 0.3 is 0 Å². The van der Waals surface area contributed by atoms with Gasteiger partial charge < -0.3 is 4.90 Å². The van der Waals surface area contributed by atoms with Crippen LogP contribution in [0.15, 0.2) is 54.6 Å². The van der Waals surface area contributed by atoms with Crippen LogP contribution in [0.4, 0.5) is 5.13 Å². The third-order valence-electron chi connectivity index (χ3n) is 4.52. The number of nitrogens with zero attached hydrogens (tertiary/aromatic N) is 3. The van der Waals surface area contributed by atoms with Crippen LogP contribution in [-0.2, 0) is 23.0 Å². The topological polar surface area (TPSA) is 103 Å². The van der Waals surface area contributed by atoms with E-state index in [1.807, 2.05) is 47.2 Å². The van der Waals surface area contributed by atoms with Gasteiger partial charge in [-0.15, -0.1) is 11.3 Å². The number of thiazole rings is 1. The monoisotopic (exact) mass is 454 g/mol. The fraction of sp³-hybridized carbons (Fsp3) is 0.227. The molecule has 2 aromatic carbocycles. The minimum absolute atomic E-state index is 0.113. The largest absolute Gasteiger partial charge is 0.343 e. The Hall–Kier alpha value is -3.22. The van der Waals surface area contributed by atoms with E-state index in [2.05, 4.69) is 16.0 Å². The van der Waals surface area contributed by atoms with Crippen molar-refractivity contribution in [3.63, 3.8) is 0 Å². The van der Waals surface area contributed by atoms with Crippen LogP contribution in [0.1, 0.15) is 32.1 Å². The van der Waals surface area contributed by atoms with Crippen LogP contribution in [-0.4, -0.2) is 32.1 Å². The molecule has 0 saturated heterocycles. The maximum absolute atomic E-state index is 12.3. The zero-order valence-corrected chi connectivity index (χ0v) is 18.8. The van der Waals surface area contributed by atoms with E-state index in [0.29, 0.717) is 28.7 Å². The molecule has 0 unspecified atom stereocenters. The van der Waals surface area contributed by atoms with Gasteiger partial charge in [-0.2, -0.15) is 5.26 Å². The zero-order chi connectivity index (χ0) is 22.4. The molecule has 7 nitrogen and oxygen atoms in total. The molecule has 0 bridgehead atoms. The zero-order valence-electron chi connectivity index (χ0n) is 17.2. The van der Waals surface area contributed by atoms with Crippen LogP contribution in [0.3, 0.4) is 0 Å². The molecule has 0 saturated carbocycles. The lowest BCUT2D eigenvalue weighted by atomic mass is 10.1. The number of nitrogens with one attached hydrogen (secondary N) is 1. The van der Waals surface area contributed by atoms with Gasteiger partial charge in [0.2, 0.25) is 10.0 Å². The maximum atomic E-state index is 12.3. The van der Waals surface area contributed by atoms with Gasteiger partial charge in [-0.05, 0) is 36.6 Å². The molecule has 3 rings (SSSR count). The van der Waals surface area contributed by atoms with E-state index >= 15 is 0 Å². The molecule has 1 heterocycles. The summed E-state index contributed by atoms with van der Waals surface area (Å²) in [4.78, 5) is 19.5. The Morgan fingerprint density at radius 3 is 2.42 bits per heavy atom. The third kappa shape index (κ3) is 6.38. The number of carbonyl (C=O) groups excluding carboxylic acids is 1. The Bertz CT molecular complexity index is 1200. The molecule has 0 radical (unpaired) electrons. The first-order chi connectivity index (χ1) is 14.7. The van der Waals surface area contributed by atoms with Crippen LogP contribution in [0.5, 0.6) is 0 Å². The highest BCUT2D eigenvalue weighted by atomic mass is 32.2. The number of hydrogen-bond donors (Lipinski definition) is 1. The Morgan fingerprint density at radius 1 is 1.13 bits per heavy atom. The lowest BCUT2D eigenvalue weighted by Gasteiger charge is -2.22. The Balaban J connectivity index is 1.84. The van der Waals surface area contributed by atoms with Gasteiger partial charge in [-0.25, -0.2) is 18.1 Å². The summed E-state index contributed by atoms with van der Waals surface area (Å²) in [5, 5.41) is 9.61. The van der Waals surface area contributed by atoms with Crippen molar-refractivity contribution in [3.8, 4) is 6.07 Å². The summed E-state index contributed by atoms with van der Waals surface area (Å²) in [7, 11) is -3.67. The van der Waals surface area contributed by atoms with Crippen molar-refractivity contribution in [1.82, 2.24) is 9.71 Å². The number of aryl methyl sites for hydroxylation is 1. The number of nitriles is 1. The molecule has 9 heteroatoms. The van der Waals surface area contributed by atoms with Crippen LogP contribution < -0.4 is 9.62 Å². The van der Waals surface area contributed by atoms with E-state index in [1.54, 1.807) is 19.1 Å². The van der Waals surface area contributed by atoms with Crippen LogP contribution in [0.25, 0.3) is 0 Å². The van der Waals surface area contributed by atoms with Crippen molar-refractivity contribution < 1.29 is 13.2 Å². The summed E-state index contributed by atoms with van der Waals surface area (Å²) >= 11 is 1.35. The predicted octanol–water partition coefficient (Wildman–Crippen LogP) is 3.26. The van der Waals surface area contributed by atoms with Gasteiger partial charge in [-0.1, -0.05) is 42.5 Å². The van der Waals surface area contributed by atoms with Crippen LogP contribution in [0, 0.1) is 18.3 Å². The maximum Gasteiger partial charge on any atom is 0.284 e. The molecule has 0 aliphatic heterocycles. The van der Waals surface area contributed by atoms with Crippen molar-refractivity contribution in [3.05, 3.63) is 81.9 Å². The third-order valence-corrected chi connectivity index (χ3v) is 6.11. The second kappa shape index (κ2) is 9.73. The van der Waals surface area contributed by atoms with Crippen LogP contribution >= 0.6 is 11.3 Å². The van der Waals surface area contributed by atoms with E-state index in [0.717, 1.165) is 23.8 Å². The van der Waals surface area contributed by atoms with E-state index in [-0.39, 0.29) is 5.69 Å². The number of sulfonamides is 1. The highest BCUT2D eigenvalue weighted by Crippen LogP contribution is 2.27. The van der Waals surface area contributed by atoms with Crippen molar-refractivity contribution in [2.45, 2.75) is 19.9 Å². The molecule has 0 atom stereocenters. The molecule has 0 spiro atoms. The number of carbonyl (C=O) groups is 1. The summed E-state index contributed by atoms with van der Waals surface area (Å²) < 4.78 is 24.8. The SMILES string of the molecule is Cc1sc(N(CCc2ccc(C#N)cc2)Cc2ccccc2)nc1C(=O)NS(C)(=O)=O. The normalized spacial score (nSPS) is 11.0. The summed E-state index contributed by atoms with van der Waals surface area (Å²) in [6.45, 7) is 2.98. The van der Waals surface area contributed by atoms with Crippen molar-refractivity contribution in [2.24, 2.45) is 0 Å². The van der Waals surface area contributed by atoms with Crippen molar-refractivity contribution >= 4 is 32.4 Å². The molecular weight excluding hydrogens is 432 g/mol. The van der Waals surface area contributed by atoms with E-state index in [9.17, 15) is 13.2 Å². The average Bonchev–Trinajstić information content (AvgIpc) is 3.13. The number of hydrogen-bond acceptors (Lipinski definition) is 7.